The first-order chi connectivity index (χ1) is 10.2. The monoisotopic (exact) mass is 301 g/mol. The molecule has 2 N–H and O–H groups in total. The largest absolute Gasteiger partial charge is 0.494 e. The number of hydrogen-bond donors (Lipinski definition) is 1. The maximum Gasteiger partial charge on any atom is 0.230 e. The van der Waals surface area contributed by atoms with Crippen molar-refractivity contribution in [3.63, 3.8) is 0 Å². The van der Waals surface area contributed by atoms with E-state index >= 15 is 0 Å². The molecule has 0 saturated heterocycles. The summed E-state index contributed by atoms with van der Waals surface area (Å²) in [5.74, 6) is 1.11. The average molecular weight is 301 g/mol. The minimum atomic E-state index is 0.291. The number of ether oxygens (including phenoxy) is 1. The lowest BCUT2D eigenvalue weighted by molar-refractivity contribution is 0.340. The van der Waals surface area contributed by atoms with Crippen LogP contribution in [0, 0.1) is 6.92 Å². The molecule has 1 aromatic carbocycles. The number of aromatic nitrogens is 2. The van der Waals surface area contributed by atoms with Crippen molar-refractivity contribution in [2.24, 2.45) is 0 Å². The topological polar surface area (TPSA) is 74.2 Å². The van der Waals surface area contributed by atoms with Crippen molar-refractivity contribution in [1.82, 2.24) is 10.1 Å². The maximum absolute atomic E-state index is 5.93. The Morgan fingerprint density at radius 3 is 2.67 bits per heavy atom. The third-order valence-corrected chi connectivity index (χ3v) is 3.81. The molecule has 0 fully saturated rings. The van der Waals surface area contributed by atoms with Gasteiger partial charge in [-0.2, -0.15) is 0 Å². The van der Waals surface area contributed by atoms with Gasteiger partial charge in [-0.15, -0.1) is 11.3 Å². The van der Waals surface area contributed by atoms with Crippen LogP contribution in [0.3, 0.4) is 0 Å². The highest BCUT2D eigenvalue weighted by atomic mass is 32.1. The van der Waals surface area contributed by atoms with Crippen molar-refractivity contribution in [3.05, 3.63) is 34.7 Å². The Labute approximate surface area is 126 Å². The molecule has 108 valence electrons. The predicted molar refractivity (Wildman–Crippen MR) is 83.4 cm³/mol. The van der Waals surface area contributed by atoms with Crippen LogP contribution in [-0.4, -0.2) is 16.7 Å². The number of thiazole rings is 1. The quantitative estimate of drug-likeness (QED) is 0.794. The average Bonchev–Trinajstić information content (AvgIpc) is 3.06. The van der Waals surface area contributed by atoms with Crippen molar-refractivity contribution in [2.75, 3.05) is 12.3 Å². The molecular formula is C15H15N3O2S. The van der Waals surface area contributed by atoms with Crippen molar-refractivity contribution in [1.29, 1.82) is 0 Å². The van der Waals surface area contributed by atoms with E-state index in [1.165, 1.54) is 0 Å². The standard InChI is InChI=1S/C15H15N3O2S/c1-3-19-11-6-4-10(5-7-11)13-14(18-20-15(13)16)12-8-21-9(2)17-12/h4-8H,3,16H2,1-2H3. The molecular weight excluding hydrogens is 286 g/mol. The van der Waals surface area contributed by atoms with E-state index in [1.54, 1.807) is 11.3 Å². The van der Waals surface area contributed by atoms with Gasteiger partial charge >= 0.3 is 0 Å². The lowest BCUT2D eigenvalue weighted by atomic mass is 10.0. The summed E-state index contributed by atoms with van der Waals surface area (Å²) in [5.41, 5.74) is 9.07. The maximum atomic E-state index is 5.93. The third kappa shape index (κ3) is 2.62. The van der Waals surface area contributed by atoms with E-state index in [1.807, 2.05) is 43.5 Å². The summed E-state index contributed by atoms with van der Waals surface area (Å²) < 4.78 is 10.6. The predicted octanol–water partition coefficient (Wildman–Crippen LogP) is 3.75. The number of hydrogen-bond acceptors (Lipinski definition) is 6. The lowest BCUT2D eigenvalue weighted by Crippen LogP contribution is -1.92. The van der Waals surface area contributed by atoms with E-state index in [0.29, 0.717) is 18.2 Å². The number of anilines is 1. The van der Waals surface area contributed by atoms with Crippen LogP contribution in [0.15, 0.2) is 34.2 Å². The van der Waals surface area contributed by atoms with Gasteiger partial charge in [0.15, 0.2) is 0 Å². The number of nitrogens with two attached hydrogens (primary N) is 1. The molecule has 0 radical (unpaired) electrons. The molecule has 0 bridgehead atoms. The smallest absolute Gasteiger partial charge is 0.230 e. The van der Waals surface area contributed by atoms with Crippen molar-refractivity contribution in [3.8, 4) is 28.3 Å². The molecule has 0 aliphatic carbocycles. The second-order valence-electron chi connectivity index (χ2n) is 4.48. The third-order valence-electron chi connectivity index (χ3n) is 3.03. The van der Waals surface area contributed by atoms with Crippen LogP contribution in [0.25, 0.3) is 22.5 Å². The van der Waals surface area contributed by atoms with E-state index in [0.717, 1.165) is 27.6 Å². The zero-order valence-corrected chi connectivity index (χ0v) is 12.6. The Morgan fingerprint density at radius 1 is 1.29 bits per heavy atom. The SMILES string of the molecule is CCOc1ccc(-c2c(-c3csc(C)n3)noc2N)cc1. The summed E-state index contributed by atoms with van der Waals surface area (Å²) in [4.78, 5) is 4.44. The molecule has 0 spiro atoms. The number of rotatable bonds is 4. The van der Waals surface area contributed by atoms with Crippen LogP contribution in [0.2, 0.25) is 0 Å². The summed E-state index contributed by atoms with van der Waals surface area (Å²) >= 11 is 1.57. The van der Waals surface area contributed by atoms with Crippen molar-refractivity contribution >= 4 is 17.2 Å². The van der Waals surface area contributed by atoms with E-state index in [-0.39, 0.29) is 0 Å². The van der Waals surface area contributed by atoms with Gasteiger partial charge in [0.05, 0.1) is 17.2 Å². The van der Waals surface area contributed by atoms with Gasteiger partial charge in [-0.25, -0.2) is 4.98 Å². The van der Waals surface area contributed by atoms with Gasteiger partial charge in [0.2, 0.25) is 5.88 Å². The van der Waals surface area contributed by atoms with Crippen LogP contribution in [0.5, 0.6) is 5.75 Å². The van der Waals surface area contributed by atoms with Gasteiger partial charge in [0.25, 0.3) is 0 Å². The van der Waals surface area contributed by atoms with Gasteiger partial charge in [-0.05, 0) is 31.5 Å². The highest BCUT2D eigenvalue weighted by molar-refractivity contribution is 7.09. The van der Waals surface area contributed by atoms with Gasteiger partial charge in [-0.1, -0.05) is 17.3 Å². The van der Waals surface area contributed by atoms with Gasteiger partial charge < -0.3 is 15.0 Å². The molecule has 0 amide bonds. The molecule has 2 heterocycles. The van der Waals surface area contributed by atoms with Crippen LogP contribution in [0.1, 0.15) is 11.9 Å². The minimum absolute atomic E-state index is 0.291. The minimum Gasteiger partial charge on any atom is -0.494 e. The van der Waals surface area contributed by atoms with Crippen LogP contribution in [0.4, 0.5) is 5.88 Å². The Balaban J connectivity index is 2.04. The molecule has 0 aliphatic heterocycles. The Kier molecular flexibility index (Phi) is 3.62. The van der Waals surface area contributed by atoms with E-state index < -0.39 is 0 Å². The molecule has 2 aromatic heterocycles. The second kappa shape index (κ2) is 5.57. The first kappa shape index (κ1) is 13.6. The molecule has 6 heteroatoms. The lowest BCUT2D eigenvalue weighted by Gasteiger charge is -2.05. The van der Waals surface area contributed by atoms with Crippen LogP contribution in [-0.2, 0) is 0 Å². The van der Waals surface area contributed by atoms with E-state index in [2.05, 4.69) is 10.1 Å². The zero-order valence-electron chi connectivity index (χ0n) is 11.8. The van der Waals surface area contributed by atoms with Gasteiger partial charge in [0, 0.05) is 5.38 Å². The van der Waals surface area contributed by atoms with Gasteiger partial charge in [0.1, 0.15) is 17.1 Å². The summed E-state index contributed by atoms with van der Waals surface area (Å²) in [6.07, 6.45) is 0. The summed E-state index contributed by atoms with van der Waals surface area (Å²) in [7, 11) is 0. The summed E-state index contributed by atoms with van der Waals surface area (Å²) in [6, 6.07) is 7.69. The fourth-order valence-corrected chi connectivity index (χ4v) is 2.71. The number of nitrogens with zero attached hydrogens (tertiary/aromatic N) is 2. The fourth-order valence-electron chi connectivity index (χ4n) is 2.11. The van der Waals surface area contributed by atoms with E-state index in [4.69, 9.17) is 15.0 Å². The molecule has 5 nitrogen and oxygen atoms in total. The molecule has 3 rings (SSSR count). The Bertz CT molecular complexity index is 747. The molecule has 0 unspecified atom stereocenters. The fraction of sp³-hybridized carbons (Fsp3) is 0.200. The first-order valence-corrected chi connectivity index (χ1v) is 7.48. The van der Waals surface area contributed by atoms with Crippen molar-refractivity contribution < 1.29 is 9.26 Å². The highest BCUT2D eigenvalue weighted by Gasteiger charge is 2.19. The molecule has 3 aromatic rings. The van der Waals surface area contributed by atoms with Crippen LogP contribution >= 0.6 is 11.3 Å². The van der Waals surface area contributed by atoms with Crippen LogP contribution < -0.4 is 10.5 Å². The summed E-state index contributed by atoms with van der Waals surface area (Å²) in [6.45, 7) is 4.54. The normalized spacial score (nSPS) is 10.8. The zero-order chi connectivity index (χ0) is 14.8. The Hall–Kier alpha value is -2.34. The second-order valence-corrected chi connectivity index (χ2v) is 5.54. The molecule has 0 saturated carbocycles. The first-order valence-electron chi connectivity index (χ1n) is 6.60. The van der Waals surface area contributed by atoms with E-state index in [9.17, 15) is 0 Å². The molecule has 0 aliphatic rings. The highest BCUT2D eigenvalue weighted by Crippen LogP contribution is 2.36. The molecule has 0 atom stereocenters. The number of aryl methyl sites for hydroxylation is 1. The van der Waals surface area contributed by atoms with Gasteiger partial charge in [-0.3, -0.25) is 0 Å². The number of benzene rings is 1. The molecule has 21 heavy (non-hydrogen) atoms. The Morgan fingerprint density at radius 2 is 2.05 bits per heavy atom. The van der Waals surface area contributed by atoms with Crippen molar-refractivity contribution in [2.45, 2.75) is 13.8 Å². The summed E-state index contributed by atoms with van der Waals surface area (Å²) in [5, 5.41) is 6.97. The number of nitrogen functional groups attached to an aromatic ring is 1.